The Morgan fingerprint density at radius 3 is 2.50 bits per heavy atom. The number of rotatable bonds is 2. The number of H-pyrrole nitrogens is 1. The standard InChI is InChI=1S/C19H20N4O/c1-22-9-11-23(12-10-22)15-7-8-17-16(13-15)18(21-19(24)20-17)14-5-3-2-4-6-14/h2-8,13H,9-12H2,1H3,(H,20,21,24). The lowest BCUT2D eigenvalue weighted by atomic mass is 10.1. The minimum atomic E-state index is -0.311. The van der Waals surface area contributed by atoms with Crippen molar-refractivity contribution in [3.63, 3.8) is 0 Å². The molecule has 1 aromatic heterocycles. The van der Waals surface area contributed by atoms with Gasteiger partial charge in [0.2, 0.25) is 0 Å². The zero-order chi connectivity index (χ0) is 16.5. The molecular formula is C19H20N4O. The third-order valence-electron chi connectivity index (χ3n) is 4.63. The summed E-state index contributed by atoms with van der Waals surface area (Å²) in [5, 5.41) is 0.984. The Morgan fingerprint density at radius 1 is 1.00 bits per heavy atom. The van der Waals surface area contributed by atoms with E-state index in [1.54, 1.807) is 0 Å². The van der Waals surface area contributed by atoms with Crippen LogP contribution in [0.3, 0.4) is 0 Å². The Labute approximate surface area is 140 Å². The Kier molecular flexibility index (Phi) is 3.78. The first-order chi connectivity index (χ1) is 11.7. The van der Waals surface area contributed by atoms with Gasteiger partial charge in [0.25, 0.3) is 0 Å². The van der Waals surface area contributed by atoms with E-state index in [0.29, 0.717) is 0 Å². The molecule has 0 bridgehead atoms. The lowest BCUT2D eigenvalue weighted by Crippen LogP contribution is -2.44. The minimum Gasteiger partial charge on any atom is -0.369 e. The van der Waals surface area contributed by atoms with Gasteiger partial charge in [-0.25, -0.2) is 4.79 Å². The van der Waals surface area contributed by atoms with Crippen molar-refractivity contribution in [2.45, 2.75) is 0 Å². The molecule has 4 rings (SSSR count). The van der Waals surface area contributed by atoms with E-state index in [4.69, 9.17) is 0 Å². The molecule has 5 nitrogen and oxygen atoms in total. The highest BCUT2D eigenvalue weighted by Gasteiger charge is 2.16. The topological polar surface area (TPSA) is 52.2 Å². The van der Waals surface area contributed by atoms with Gasteiger partial charge in [-0.3, -0.25) is 0 Å². The molecule has 1 aliphatic heterocycles. The highest BCUT2D eigenvalue weighted by Crippen LogP contribution is 2.28. The van der Waals surface area contributed by atoms with Gasteiger partial charge in [-0.15, -0.1) is 0 Å². The minimum absolute atomic E-state index is 0.311. The molecule has 0 unspecified atom stereocenters. The van der Waals surface area contributed by atoms with Gasteiger partial charge in [0.05, 0.1) is 11.2 Å². The van der Waals surface area contributed by atoms with Crippen LogP contribution in [0.25, 0.3) is 22.2 Å². The first-order valence-electron chi connectivity index (χ1n) is 8.24. The van der Waals surface area contributed by atoms with E-state index in [2.05, 4.69) is 38.9 Å². The van der Waals surface area contributed by atoms with E-state index >= 15 is 0 Å². The molecule has 122 valence electrons. The molecule has 24 heavy (non-hydrogen) atoms. The SMILES string of the molecule is CN1CCN(c2ccc3[nH]c(=O)nc(-c4ccccc4)c3c2)CC1. The normalized spacial score (nSPS) is 15.8. The van der Waals surface area contributed by atoms with Crippen molar-refractivity contribution in [1.29, 1.82) is 0 Å². The first-order valence-corrected chi connectivity index (χ1v) is 8.24. The maximum atomic E-state index is 11.9. The molecule has 0 amide bonds. The summed E-state index contributed by atoms with van der Waals surface area (Å²) in [5.74, 6) is 0. The Balaban J connectivity index is 1.83. The summed E-state index contributed by atoms with van der Waals surface area (Å²) in [6, 6.07) is 16.1. The number of nitrogens with zero attached hydrogens (tertiary/aromatic N) is 3. The second kappa shape index (κ2) is 6.09. The predicted molar refractivity (Wildman–Crippen MR) is 97.5 cm³/mol. The Hall–Kier alpha value is -2.66. The lowest BCUT2D eigenvalue weighted by Gasteiger charge is -2.34. The van der Waals surface area contributed by atoms with Gasteiger partial charge < -0.3 is 14.8 Å². The van der Waals surface area contributed by atoms with Crippen LogP contribution in [-0.4, -0.2) is 48.1 Å². The van der Waals surface area contributed by atoms with Gasteiger partial charge in [-0.05, 0) is 25.2 Å². The van der Waals surface area contributed by atoms with Gasteiger partial charge in [0.15, 0.2) is 0 Å². The van der Waals surface area contributed by atoms with Crippen LogP contribution in [0.5, 0.6) is 0 Å². The summed E-state index contributed by atoms with van der Waals surface area (Å²) in [4.78, 5) is 23.7. The third kappa shape index (κ3) is 2.78. The second-order valence-electron chi connectivity index (χ2n) is 6.28. The molecule has 0 aliphatic carbocycles. The smallest absolute Gasteiger partial charge is 0.345 e. The van der Waals surface area contributed by atoms with Crippen molar-refractivity contribution in [3.05, 3.63) is 59.0 Å². The van der Waals surface area contributed by atoms with Crippen molar-refractivity contribution in [1.82, 2.24) is 14.9 Å². The molecule has 0 spiro atoms. The molecule has 2 aromatic carbocycles. The average Bonchev–Trinajstić information content (AvgIpc) is 2.62. The second-order valence-corrected chi connectivity index (χ2v) is 6.28. The van der Waals surface area contributed by atoms with Crippen LogP contribution < -0.4 is 10.6 Å². The van der Waals surface area contributed by atoms with Crippen molar-refractivity contribution in [3.8, 4) is 11.3 Å². The van der Waals surface area contributed by atoms with Crippen molar-refractivity contribution in [2.75, 3.05) is 38.1 Å². The quantitative estimate of drug-likeness (QED) is 0.787. The maximum Gasteiger partial charge on any atom is 0.345 e. The van der Waals surface area contributed by atoms with Crippen LogP contribution >= 0.6 is 0 Å². The van der Waals surface area contributed by atoms with Gasteiger partial charge in [0, 0.05) is 42.8 Å². The number of fused-ring (bicyclic) bond motifs is 1. The zero-order valence-corrected chi connectivity index (χ0v) is 13.7. The molecule has 1 saturated heterocycles. The number of aromatic amines is 1. The van der Waals surface area contributed by atoms with Crippen LogP contribution in [0.2, 0.25) is 0 Å². The van der Waals surface area contributed by atoms with E-state index in [9.17, 15) is 4.79 Å². The van der Waals surface area contributed by atoms with E-state index < -0.39 is 0 Å². The third-order valence-corrected chi connectivity index (χ3v) is 4.63. The first kappa shape index (κ1) is 14.9. The van der Waals surface area contributed by atoms with Crippen LogP contribution in [0.15, 0.2) is 53.3 Å². The van der Waals surface area contributed by atoms with E-state index in [1.807, 2.05) is 36.4 Å². The Bertz CT molecular complexity index is 912. The number of hydrogen-bond donors (Lipinski definition) is 1. The van der Waals surface area contributed by atoms with E-state index in [1.165, 1.54) is 5.69 Å². The fourth-order valence-corrected chi connectivity index (χ4v) is 3.22. The van der Waals surface area contributed by atoms with Crippen molar-refractivity contribution >= 4 is 16.6 Å². The van der Waals surface area contributed by atoms with Crippen molar-refractivity contribution < 1.29 is 0 Å². The molecule has 1 fully saturated rings. The summed E-state index contributed by atoms with van der Waals surface area (Å²) < 4.78 is 0. The number of likely N-dealkylation sites (N-methyl/N-ethyl adjacent to an activating group) is 1. The van der Waals surface area contributed by atoms with Crippen LogP contribution in [0.4, 0.5) is 5.69 Å². The molecule has 1 N–H and O–H groups in total. The lowest BCUT2D eigenvalue weighted by molar-refractivity contribution is 0.313. The molecule has 0 saturated carbocycles. The number of anilines is 1. The molecule has 2 heterocycles. The van der Waals surface area contributed by atoms with E-state index in [-0.39, 0.29) is 5.69 Å². The number of hydrogen-bond acceptors (Lipinski definition) is 4. The number of aromatic nitrogens is 2. The van der Waals surface area contributed by atoms with Gasteiger partial charge in [-0.1, -0.05) is 30.3 Å². The molecule has 0 radical (unpaired) electrons. The largest absolute Gasteiger partial charge is 0.369 e. The van der Waals surface area contributed by atoms with Crippen LogP contribution in [0, 0.1) is 0 Å². The van der Waals surface area contributed by atoms with Gasteiger partial charge >= 0.3 is 5.69 Å². The Morgan fingerprint density at radius 2 is 1.75 bits per heavy atom. The summed E-state index contributed by atoms with van der Waals surface area (Å²) in [5.41, 5.74) is 3.40. The maximum absolute atomic E-state index is 11.9. The summed E-state index contributed by atoms with van der Waals surface area (Å²) in [6.45, 7) is 4.15. The number of nitrogens with one attached hydrogen (secondary N) is 1. The monoisotopic (exact) mass is 320 g/mol. The molecule has 3 aromatic rings. The predicted octanol–water partition coefficient (Wildman–Crippen LogP) is 2.34. The summed E-state index contributed by atoms with van der Waals surface area (Å²) in [7, 11) is 2.15. The highest BCUT2D eigenvalue weighted by molar-refractivity contribution is 5.94. The molecule has 1 aliphatic rings. The number of piperazine rings is 1. The fourth-order valence-electron chi connectivity index (χ4n) is 3.22. The van der Waals surface area contributed by atoms with Gasteiger partial charge in [-0.2, -0.15) is 4.98 Å². The van der Waals surface area contributed by atoms with Crippen LogP contribution in [0.1, 0.15) is 0 Å². The zero-order valence-electron chi connectivity index (χ0n) is 13.7. The van der Waals surface area contributed by atoms with Crippen LogP contribution in [-0.2, 0) is 0 Å². The fraction of sp³-hybridized carbons (Fsp3) is 0.263. The highest BCUT2D eigenvalue weighted by atomic mass is 16.1. The summed E-state index contributed by atoms with van der Waals surface area (Å²) in [6.07, 6.45) is 0. The van der Waals surface area contributed by atoms with Crippen molar-refractivity contribution in [2.24, 2.45) is 0 Å². The molecule has 5 heteroatoms. The summed E-state index contributed by atoms with van der Waals surface area (Å²) >= 11 is 0. The molecule has 0 atom stereocenters. The molecular weight excluding hydrogens is 300 g/mol. The average molecular weight is 320 g/mol. The number of benzene rings is 2. The van der Waals surface area contributed by atoms with E-state index in [0.717, 1.165) is 48.3 Å². The van der Waals surface area contributed by atoms with Gasteiger partial charge in [0.1, 0.15) is 0 Å².